The summed E-state index contributed by atoms with van der Waals surface area (Å²) in [6.45, 7) is 1.36. The first-order valence-corrected chi connectivity index (χ1v) is 11.0. The van der Waals surface area contributed by atoms with E-state index in [0.29, 0.717) is 16.7 Å². The minimum atomic E-state index is -0.688. The second kappa shape index (κ2) is 9.39. The van der Waals surface area contributed by atoms with Gasteiger partial charge in [-0.2, -0.15) is 0 Å². The Balaban J connectivity index is 1.59. The summed E-state index contributed by atoms with van der Waals surface area (Å²) in [6, 6.07) is 14.3. The minimum absolute atomic E-state index is 0.130. The van der Waals surface area contributed by atoms with Crippen LogP contribution in [0.2, 0.25) is 0 Å². The summed E-state index contributed by atoms with van der Waals surface area (Å²) in [5, 5.41) is 0.308. The van der Waals surface area contributed by atoms with Crippen LogP contribution in [0.4, 0.5) is 0 Å². The van der Waals surface area contributed by atoms with Crippen molar-refractivity contribution in [2.45, 2.75) is 45.1 Å². The van der Waals surface area contributed by atoms with Crippen molar-refractivity contribution in [2.75, 3.05) is 13.7 Å². The molecule has 1 saturated carbocycles. The molecule has 0 unspecified atom stereocenters. The van der Waals surface area contributed by atoms with Crippen LogP contribution in [0.3, 0.4) is 0 Å². The van der Waals surface area contributed by atoms with E-state index in [9.17, 15) is 14.4 Å². The third-order valence-corrected chi connectivity index (χ3v) is 6.24. The summed E-state index contributed by atoms with van der Waals surface area (Å²) in [5.41, 5.74) is 1.31. The van der Waals surface area contributed by atoms with Gasteiger partial charge in [0.15, 0.2) is 17.6 Å². The van der Waals surface area contributed by atoms with Gasteiger partial charge in [0.1, 0.15) is 11.3 Å². The molecule has 1 fully saturated rings. The molecule has 0 bridgehead atoms. The van der Waals surface area contributed by atoms with Crippen molar-refractivity contribution in [3.05, 3.63) is 69.9 Å². The monoisotopic (exact) mass is 433 g/mol. The normalized spacial score (nSPS) is 14.3. The second-order valence-corrected chi connectivity index (χ2v) is 8.31. The zero-order valence-corrected chi connectivity index (χ0v) is 18.4. The fraction of sp³-hybridized carbons (Fsp3) is 0.346. The zero-order valence-electron chi connectivity index (χ0n) is 18.4. The number of amides is 1. The molecule has 0 N–H and O–H groups in total. The number of carbonyl (C=O) groups excluding carboxylic acids is 2. The van der Waals surface area contributed by atoms with Gasteiger partial charge in [-0.15, -0.1) is 0 Å². The van der Waals surface area contributed by atoms with E-state index in [1.807, 2.05) is 30.3 Å². The van der Waals surface area contributed by atoms with Gasteiger partial charge in [-0.1, -0.05) is 55.7 Å². The lowest BCUT2D eigenvalue weighted by molar-refractivity contribution is -0.135. The lowest BCUT2D eigenvalue weighted by Crippen LogP contribution is -2.40. The molecule has 6 nitrogen and oxygen atoms in total. The van der Waals surface area contributed by atoms with E-state index in [1.54, 1.807) is 37.1 Å². The fourth-order valence-electron chi connectivity index (χ4n) is 4.31. The number of ether oxygens (including phenoxy) is 1. The van der Waals surface area contributed by atoms with E-state index in [0.717, 1.165) is 31.2 Å². The van der Waals surface area contributed by atoms with Gasteiger partial charge < -0.3 is 14.1 Å². The second-order valence-electron chi connectivity index (χ2n) is 8.31. The highest BCUT2D eigenvalue weighted by atomic mass is 16.5. The molecular weight excluding hydrogens is 406 g/mol. The molecule has 1 aromatic heterocycles. The average molecular weight is 434 g/mol. The fourth-order valence-corrected chi connectivity index (χ4v) is 4.31. The van der Waals surface area contributed by atoms with E-state index in [2.05, 4.69) is 0 Å². The SMILES string of the molecule is Cc1c(-c2ccccc2)oc2c(C(=O)OCC(=O)N(C)C3CCCCC3)cccc2c1=O. The van der Waals surface area contributed by atoms with Crippen molar-refractivity contribution in [2.24, 2.45) is 0 Å². The Kier molecular flexibility index (Phi) is 6.40. The van der Waals surface area contributed by atoms with Crippen molar-refractivity contribution in [1.29, 1.82) is 0 Å². The van der Waals surface area contributed by atoms with Crippen molar-refractivity contribution in [3.63, 3.8) is 0 Å². The summed E-state index contributed by atoms with van der Waals surface area (Å²) in [6.07, 6.45) is 5.38. The number of likely N-dealkylation sites (N-methyl/N-ethyl adjacent to an activating group) is 1. The van der Waals surface area contributed by atoms with Crippen LogP contribution < -0.4 is 5.43 Å². The molecule has 4 rings (SSSR count). The van der Waals surface area contributed by atoms with E-state index < -0.39 is 5.97 Å². The molecule has 0 radical (unpaired) electrons. The number of hydrogen-bond acceptors (Lipinski definition) is 5. The molecule has 32 heavy (non-hydrogen) atoms. The van der Waals surface area contributed by atoms with Gasteiger partial charge in [-0.3, -0.25) is 9.59 Å². The Morgan fingerprint density at radius 3 is 2.47 bits per heavy atom. The van der Waals surface area contributed by atoms with Crippen LogP contribution >= 0.6 is 0 Å². The van der Waals surface area contributed by atoms with Crippen LogP contribution in [-0.2, 0) is 9.53 Å². The summed E-state index contributed by atoms with van der Waals surface area (Å²) in [7, 11) is 1.76. The number of fused-ring (bicyclic) bond motifs is 1. The van der Waals surface area contributed by atoms with Crippen molar-refractivity contribution in [1.82, 2.24) is 4.90 Å². The van der Waals surface area contributed by atoms with Crippen molar-refractivity contribution in [3.8, 4) is 11.3 Å². The Bertz CT molecular complexity index is 1190. The number of esters is 1. The summed E-state index contributed by atoms with van der Waals surface area (Å²) < 4.78 is 11.4. The van der Waals surface area contributed by atoms with Crippen LogP contribution in [-0.4, -0.2) is 36.5 Å². The van der Waals surface area contributed by atoms with Crippen LogP contribution in [0, 0.1) is 6.92 Å². The van der Waals surface area contributed by atoms with E-state index in [1.165, 1.54) is 6.42 Å². The van der Waals surface area contributed by atoms with Crippen LogP contribution in [0.15, 0.2) is 57.7 Å². The first-order valence-electron chi connectivity index (χ1n) is 11.0. The van der Waals surface area contributed by atoms with E-state index >= 15 is 0 Å². The molecule has 6 heteroatoms. The lowest BCUT2D eigenvalue weighted by atomic mass is 9.94. The lowest BCUT2D eigenvalue weighted by Gasteiger charge is -2.31. The smallest absolute Gasteiger partial charge is 0.342 e. The van der Waals surface area contributed by atoms with Gasteiger partial charge in [0, 0.05) is 24.2 Å². The largest absolute Gasteiger partial charge is 0.455 e. The van der Waals surface area contributed by atoms with Gasteiger partial charge in [0.05, 0.1) is 5.39 Å². The number of nitrogens with zero attached hydrogens (tertiary/aromatic N) is 1. The van der Waals surface area contributed by atoms with Gasteiger partial charge in [0.25, 0.3) is 5.91 Å². The summed E-state index contributed by atoms with van der Waals surface area (Å²) in [4.78, 5) is 40.0. The average Bonchev–Trinajstić information content (AvgIpc) is 2.84. The number of para-hydroxylation sites is 1. The third kappa shape index (κ3) is 4.31. The van der Waals surface area contributed by atoms with Crippen LogP contribution in [0.25, 0.3) is 22.3 Å². The molecular formula is C26H27NO5. The Labute approximate surface area is 186 Å². The van der Waals surface area contributed by atoms with Gasteiger partial charge in [0.2, 0.25) is 0 Å². The summed E-state index contributed by atoms with van der Waals surface area (Å²) in [5.74, 6) is -0.503. The molecule has 1 heterocycles. The predicted octanol–water partition coefficient (Wildman–Crippen LogP) is 4.72. The predicted molar refractivity (Wildman–Crippen MR) is 123 cm³/mol. The van der Waals surface area contributed by atoms with E-state index in [-0.39, 0.29) is 35.1 Å². The maximum atomic E-state index is 13.0. The highest BCUT2D eigenvalue weighted by molar-refractivity contribution is 6.02. The van der Waals surface area contributed by atoms with Crippen LogP contribution in [0.1, 0.15) is 48.0 Å². The molecule has 0 atom stereocenters. The Hall–Kier alpha value is -3.41. The molecule has 1 amide bonds. The van der Waals surface area contributed by atoms with Crippen LogP contribution in [0.5, 0.6) is 0 Å². The standard InChI is InChI=1S/C26H27NO5/c1-17-23(29)20-14-9-15-21(25(20)32-24(17)18-10-5-3-6-11-18)26(30)31-16-22(28)27(2)19-12-7-4-8-13-19/h3,5-6,9-11,14-15,19H,4,7-8,12-13,16H2,1-2H3. The Morgan fingerprint density at radius 2 is 1.75 bits per heavy atom. The highest BCUT2D eigenvalue weighted by Crippen LogP contribution is 2.27. The highest BCUT2D eigenvalue weighted by Gasteiger charge is 2.24. The molecule has 3 aromatic rings. The first-order chi connectivity index (χ1) is 15.5. The molecule has 1 aliphatic carbocycles. The molecule has 0 aliphatic heterocycles. The molecule has 1 aliphatic rings. The van der Waals surface area contributed by atoms with Gasteiger partial charge in [-0.05, 0) is 31.9 Å². The molecule has 166 valence electrons. The number of benzene rings is 2. The number of hydrogen-bond donors (Lipinski definition) is 0. The molecule has 0 saturated heterocycles. The molecule has 0 spiro atoms. The Morgan fingerprint density at radius 1 is 1.03 bits per heavy atom. The first kappa shape index (κ1) is 21.8. The quantitative estimate of drug-likeness (QED) is 0.545. The van der Waals surface area contributed by atoms with Gasteiger partial charge >= 0.3 is 5.97 Å². The zero-order chi connectivity index (χ0) is 22.7. The number of rotatable bonds is 5. The minimum Gasteiger partial charge on any atom is -0.455 e. The van der Waals surface area contributed by atoms with Crippen molar-refractivity contribution >= 4 is 22.8 Å². The number of carbonyl (C=O) groups is 2. The van der Waals surface area contributed by atoms with Crippen molar-refractivity contribution < 1.29 is 18.7 Å². The maximum Gasteiger partial charge on any atom is 0.342 e. The maximum absolute atomic E-state index is 13.0. The topological polar surface area (TPSA) is 76.8 Å². The molecule has 2 aromatic carbocycles. The van der Waals surface area contributed by atoms with Gasteiger partial charge in [-0.25, -0.2) is 4.79 Å². The summed E-state index contributed by atoms with van der Waals surface area (Å²) >= 11 is 0. The van der Waals surface area contributed by atoms with E-state index in [4.69, 9.17) is 9.15 Å². The third-order valence-electron chi connectivity index (χ3n) is 6.24.